The Hall–Kier alpha value is -2.87. The number of unbranched alkanes of at least 4 members (excludes halogenated alkanes) is 1. The van der Waals surface area contributed by atoms with Gasteiger partial charge in [0.1, 0.15) is 12.6 Å². The van der Waals surface area contributed by atoms with E-state index in [1.165, 1.54) is 4.90 Å². The molecule has 0 spiro atoms. The molecular formula is C25H35N3O4S. The topological polar surface area (TPSA) is 86.8 Å². The van der Waals surface area contributed by atoms with Crippen molar-refractivity contribution in [2.45, 2.75) is 52.6 Å². The molecule has 2 aromatic carbocycles. The molecule has 0 aliphatic heterocycles. The van der Waals surface area contributed by atoms with Gasteiger partial charge in [0.25, 0.3) is 0 Å². The molecule has 1 atom stereocenters. The quantitative estimate of drug-likeness (QED) is 0.478. The molecule has 0 heterocycles. The van der Waals surface area contributed by atoms with E-state index in [0.717, 1.165) is 34.5 Å². The summed E-state index contributed by atoms with van der Waals surface area (Å²) < 4.78 is 26.3. The number of rotatable bonds is 12. The fraction of sp³-hybridized carbons (Fsp3) is 0.440. The van der Waals surface area contributed by atoms with E-state index in [-0.39, 0.29) is 19.0 Å². The molecule has 2 aromatic rings. The summed E-state index contributed by atoms with van der Waals surface area (Å²) in [4.78, 5) is 28.0. The van der Waals surface area contributed by atoms with Gasteiger partial charge in [0.2, 0.25) is 21.8 Å². The van der Waals surface area contributed by atoms with Crippen LogP contribution in [0.25, 0.3) is 0 Å². The van der Waals surface area contributed by atoms with Crippen LogP contribution in [0, 0.1) is 6.92 Å². The number of nitrogens with zero attached hydrogens (tertiary/aromatic N) is 2. The molecule has 180 valence electrons. The lowest BCUT2D eigenvalue weighted by Gasteiger charge is -2.33. The van der Waals surface area contributed by atoms with Crippen molar-refractivity contribution in [3.8, 4) is 0 Å². The molecule has 7 nitrogen and oxygen atoms in total. The molecule has 0 bridgehead atoms. The highest BCUT2D eigenvalue weighted by molar-refractivity contribution is 7.92. The van der Waals surface area contributed by atoms with E-state index in [1.54, 1.807) is 18.2 Å². The second kappa shape index (κ2) is 12.4. The summed E-state index contributed by atoms with van der Waals surface area (Å²) in [7, 11) is -3.72. The summed E-state index contributed by atoms with van der Waals surface area (Å²) in [6, 6.07) is 15.7. The maximum absolute atomic E-state index is 13.5. The monoisotopic (exact) mass is 473 g/mol. The van der Waals surface area contributed by atoms with Gasteiger partial charge in [-0.2, -0.15) is 0 Å². The first-order chi connectivity index (χ1) is 15.7. The first-order valence-corrected chi connectivity index (χ1v) is 13.2. The van der Waals surface area contributed by atoms with E-state index in [0.29, 0.717) is 18.7 Å². The highest BCUT2D eigenvalue weighted by Crippen LogP contribution is 2.20. The van der Waals surface area contributed by atoms with Crippen molar-refractivity contribution in [3.63, 3.8) is 0 Å². The Morgan fingerprint density at radius 2 is 1.73 bits per heavy atom. The number of carbonyl (C=O) groups excluding carboxylic acids is 2. The van der Waals surface area contributed by atoms with Gasteiger partial charge >= 0.3 is 0 Å². The van der Waals surface area contributed by atoms with Crippen LogP contribution in [-0.2, 0) is 26.2 Å². The molecule has 2 rings (SSSR count). The Morgan fingerprint density at radius 3 is 2.30 bits per heavy atom. The number of carbonyl (C=O) groups is 2. The minimum atomic E-state index is -3.72. The Morgan fingerprint density at radius 1 is 1.03 bits per heavy atom. The van der Waals surface area contributed by atoms with E-state index < -0.39 is 22.0 Å². The van der Waals surface area contributed by atoms with E-state index >= 15 is 0 Å². The van der Waals surface area contributed by atoms with Gasteiger partial charge in [0, 0.05) is 13.1 Å². The molecule has 0 aliphatic carbocycles. The molecule has 0 aromatic heterocycles. The standard InChI is InChI=1S/C25H35N3O4S/c1-5-7-16-26-25(30)23(6-2)27(18-21-13-9-8-10-14-21)24(29)19-28(33(4,31)32)22-15-11-12-20(3)17-22/h8-15,17,23H,5-7,16,18-19H2,1-4H3,(H,26,30)/t23-/m1/s1. The van der Waals surface area contributed by atoms with Gasteiger partial charge in [-0.25, -0.2) is 8.42 Å². The van der Waals surface area contributed by atoms with Crippen LogP contribution in [0.3, 0.4) is 0 Å². The summed E-state index contributed by atoms with van der Waals surface area (Å²) >= 11 is 0. The van der Waals surface area contributed by atoms with Crippen molar-refractivity contribution in [3.05, 3.63) is 65.7 Å². The Labute approximate surface area is 197 Å². The Bertz CT molecular complexity index is 1020. The molecule has 0 unspecified atom stereocenters. The highest BCUT2D eigenvalue weighted by atomic mass is 32.2. The van der Waals surface area contributed by atoms with Gasteiger partial charge in [-0.05, 0) is 43.0 Å². The lowest BCUT2D eigenvalue weighted by Crippen LogP contribution is -2.52. The van der Waals surface area contributed by atoms with Crippen LogP contribution in [0.15, 0.2) is 54.6 Å². The van der Waals surface area contributed by atoms with Gasteiger partial charge < -0.3 is 10.2 Å². The zero-order chi connectivity index (χ0) is 24.4. The number of nitrogens with one attached hydrogen (secondary N) is 1. The van der Waals surface area contributed by atoms with E-state index in [9.17, 15) is 18.0 Å². The second-order valence-corrected chi connectivity index (χ2v) is 10.1. The Kier molecular flexibility index (Phi) is 9.91. The van der Waals surface area contributed by atoms with Gasteiger partial charge in [-0.3, -0.25) is 13.9 Å². The zero-order valence-corrected chi connectivity index (χ0v) is 20.8. The Balaban J connectivity index is 2.37. The zero-order valence-electron chi connectivity index (χ0n) is 20.0. The molecule has 0 saturated carbocycles. The van der Waals surface area contributed by atoms with E-state index in [2.05, 4.69) is 5.32 Å². The van der Waals surface area contributed by atoms with Crippen molar-refractivity contribution >= 4 is 27.5 Å². The first kappa shape index (κ1) is 26.4. The summed E-state index contributed by atoms with van der Waals surface area (Å²) in [5, 5.41) is 2.91. The minimum absolute atomic E-state index is 0.213. The molecule has 2 amide bonds. The normalized spacial score (nSPS) is 12.1. The third kappa shape index (κ3) is 7.89. The van der Waals surface area contributed by atoms with Crippen LogP contribution < -0.4 is 9.62 Å². The second-order valence-electron chi connectivity index (χ2n) is 8.18. The number of hydrogen-bond donors (Lipinski definition) is 1. The van der Waals surface area contributed by atoms with Gasteiger partial charge in [-0.1, -0.05) is 62.7 Å². The van der Waals surface area contributed by atoms with Crippen molar-refractivity contribution in [2.24, 2.45) is 0 Å². The lowest BCUT2D eigenvalue weighted by atomic mass is 10.1. The lowest BCUT2D eigenvalue weighted by molar-refractivity contribution is -0.140. The van der Waals surface area contributed by atoms with Gasteiger partial charge in [0.05, 0.1) is 11.9 Å². The van der Waals surface area contributed by atoms with Crippen molar-refractivity contribution in [1.82, 2.24) is 10.2 Å². The molecule has 0 saturated heterocycles. The number of amides is 2. The SMILES string of the molecule is CCCCNC(=O)[C@@H](CC)N(Cc1ccccc1)C(=O)CN(c1cccc(C)c1)S(C)(=O)=O. The van der Waals surface area contributed by atoms with Crippen molar-refractivity contribution < 1.29 is 18.0 Å². The van der Waals surface area contributed by atoms with Crippen molar-refractivity contribution in [1.29, 1.82) is 0 Å². The van der Waals surface area contributed by atoms with Crippen LogP contribution in [0.2, 0.25) is 0 Å². The smallest absolute Gasteiger partial charge is 0.244 e. The fourth-order valence-electron chi connectivity index (χ4n) is 3.60. The molecule has 33 heavy (non-hydrogen) atoms. The minimum Gasteiger partial charge on any atom is -0.354 e. The summed E-state index contributed by atoms with van der Waals surface area (Å²) in [6.07, 6.45) is 3.30. The molecule has 0 fully saturated rings. The van der Waals surface area contributed by atoms with Crippen LogP contribution in [-0.4, -0.2) is 50.5 Å². The third-order valence-electron chi connectivity index (χ3n) is 5.38. The van der Waals surface area contributed by atoms with Gasteiger partial charge in [0.15, 0.2) is 0 Å². The average molecular weight is 474 g/mol. The predicted octanol–water partition coefficient (Wildman–Crippen LogP) is 3.48. The maximum atomic E-state index is 13.5. The highest BCUT2D eigenvalue weighted by Gasteiger charge is 2.31. The molecule has 0 radical (unpaired) electrons. The van der Waals surface area contributed by atoms with E-state index in [1.807, 2.05) is 57.2 Å². The fourth-order valence-corrected chi connectivity index (χ4v) is 4.44. The van der Waals surface area contributed by atoms with Crippen LogP contribution >= 0.6 is 0 Å². The van der Waals surface area contributed by atoms with Crippen LogP contribution in [0.5, 0.6) is 0 Å². The predicted molar refractivity (Wildman–Crippen MR) is 132 cm³/mol. The van der Waals surface area contributed by atoms with E-state index in [4.69, 9.17) is 0 Å². The molecule has 1 N–H and O–H groups in total. The number of anilines is 1. The van der Waals surface area contributed by atoms with Crippen LogP contribution in [0.4, 0.5) is 5.69 Å². The maximum Gasteiger partial charge on any atom is 0.244 e. The largest absolute Gasteiger partial charge is 0.354 e. The average Bonchev–Trinajstić information content (AvgIpc) is 2.77. The molecule has 8 heteroatoms. The van der Waals surface area contributed by atoms with Gasteiger partial charge in [-0.15, -0.1) is 0 Å². The van der Waals surface area contributed by atoms with Crippen LogP contribution in [0.1, 0.15) is 44.2 Å². The summed E-state index contributed by atoms with van der Waals surface area (Å²) in [5.74, 6) is -0.653. The third-order valence-corrected chi connectivity index (χ3v) is 6.52. The molecular weight excluding hydrogens is 438 g/mol. The number of benzene rings is 2. The first-order valence-electron chi connectivity index (χ1n) is 11.3. The summed E-state index contributed by atoms with van der Waals surface area (Å²) in [5.41, 5.74) is 2.18. The molecule has 0 aliphatic rings. The number of hydrogen-bond acceptors (Lipinski definition) is 4. The number of sulfonamides is 1. The van der Waals surface area contributed by atoms with Crippen molar-refractivity contribution in [2.75, 3.05) is 23.7 Å². The summed E-state index contributed by atoms with van der Waals surface area (Å²) in [6.45, 7) is 6.13. The number of aryl methyl sites for hydroxylation is 1.